The van der Waals surface area contributed by atoms with Gasteiger partial charge in [0.1, 0.15) is 16.7 Å². The maximum absolute atomic E-state index is 13.1. The Kier molecular flexibility index (Phi) is 6.70. The van der Waals surface area contributed by atoms with Gasteiger partial charge in [0.2, 0.25) is 15.9 Å². The number of amides is 1. The summed E-state index contributed by atoms with van der Waals surface area (Å²) in [6.45, 7) is 5.27. The van der Waals surface area contributed by atoms with Gasteiger partial charge in [-0.05, 0) is 25.1 Å². The molecule has 0 unspecified atom stereocenters. The van der Waals surface area contributed by atoms with Gasteiger partial charge < -0.3 is 14.7 Å². The Balaban J connectivity index is 2.54. The number of nitrogens with zero attached hydrogens (tertiary/aromatic N) is 2. The molecule has 0 radical (unpaired) electrons. The number of fused-ring (bicyclic) bond motifs is 1. The van der Waals surface area contributed by atoms with Gasteiger partial charge in [-0.2, -0.15) is 4.31 Å². The fraction of sp³-hybridized carbons (Fsp3) is 0.588. The van der Waals surface area contributed by atoms with Crippen LogP contribution < -0.4 is 4.74 Å². The summed E-state index contributed by atoms with van der Waals surface area (Å²) in [4.78, 5) is 13.2. The number of carbonyl (C=O) groups is 1. The molecule has 1 heterocycles. The van der Waals surface area contributed by atoms with Crippen molar-refractivity contribution in [1.82, 2.24) is 9.21 Å². The fourth-order valence-electron chi connectivity index (χ4n) is 2.82. The lowest BCUT2D eigenvalue weighted by molar-refractivity contribution is -0.129. The molecule has 0 bridgehead atoms. The predicted molar refractivity (Wildman–Crippen MR) is 101 cm³/mol. The molecule has 0 saturated heterocycles. The Morgan fingerprint density at radius 1 is 1.50 bits per heavy atom. The monoisotopic (exact) mass is 448 g/mol. The largest absolute Gasteiger partial charge is 0.487 e. The van der Waals surface area contributed by atoms with Crippen molar-refractivity contribution in [2.75, 3.05) is 26.7 Å². The quantitative estimate of drug-likeness (QED) is 0.756. The lowest BCUT2D eigenvalue weighted by atomic mass is 10.0. The van der Waals surface area contributed by atoms with Crippen LogP contribution in [-0.4, -0.2) is 67.5 Å². The molecule has 26 heavy (non-hydrogen) atoms. The lowest BCUT2D eigenvalue weighted by Gasteiger charge is -2.37. The Labute approximate surface area is 163 Å². The van der Waals surface area contributed by atoms with E-state index in [2.05, 4.69) is 15.9 Å². The minimum atomic E-state index is -3.82. The van der Waals surface area contributed by atoms with Gasteiger partial charge in [-0.3, -0.25) is 4.79 Å². The Morgan fingerprint density at radius 2 is 2.15 bits per heavy atom. The molecule has 1 aliphatic rings. The second-order valence-electron chi connectivity index (χ2n) is 6.73. The third-order valence-corrected chi connectivity index (χ3v) is 7.13. The summed E-state index contributed by atoms with van der Waals surface area (Å²) in [5, 5.41) is 9.55. The van der Waals surface area contributed by atoms with Gasteiger partial charge in [0.25, 0.3) is 0 Å². The number of benzene rings is 1. The Morgan fingerprint density at radius 3 is 2.73 bits per heavy atom. The van der Waals surface area contributed by atoms with Crippen molar-refractivity contribution in [2.45, 2.75) is 37.8 Å². The summed E-state index contributed by atoms with van der Waals surface area (Å²) in [6, 6.07) is 4.19. The van der Waals surface area contributed by atoms with E-state index in [1.807, 2.05) is 6.92 Å². The van der Waals surface area contributed by atoms with E-state index in [0.29, 0.717) is 11.0 Å². The number of carbonyl (C=O) groups excluding carboxylic acids is 1. The summed E-state index contributed by atoms with van der Waals surface area (Å²) in [5.74, 6) is -0.0405. The molecule has 1 aromatic carbocycles. The Bertz CT molecular complexity index is 770. The standard InChI is InChI=1S/C17H25BrN2O5S/c1-11-8-20(12(2)10-21)26(23,24)17-6-5-14(18)7-15(17)25-16(11)9-19(4)13(3)22/h5-7,11-12,16,21H,8-10H2,1-4H3/t11-,12-,16+/m0/s1. The fourth-order valence-corrected chi connectivity index (χ4v) is 4.98. The molecule has 1 N–H and O–H groups in total. The van der Waals surface area contributed by atoms with E-state index in [0.717, 1.165) is 0 Å². The molecular formula is C17H25BrN2O5S. The zero-order valence-corrected chi connectivity index (χ0v) is 17.7. The predicted octanol–water partition coefficient (Wildman–Crippen LogP) is 1.70. The number of sulfonamides is 1. The Hall–Kier alpha value is -1.16. The zero-order valence-electron chi connectivity index (χ0n) is 15.3. The molecule has 0 fully saturated rings. The second-order valence-corrected chi connectivity index (χ2v) is 9.51. The van der Waals surface area contributed by atoms with Gasteiger partial charge in [-0.1, -0.05) is 22.9 Å². The second kappa shape index (κ2) is 8.24. The van der Waals surface area contributed by atoms with Crippen molar-refractivity contribution in [3.63, 3.8) is 0 Å². The van der Waals surface area contributed by atoms with Gasteiger partial charge in [0.15, 0.2) is 0 Å². The molecule has 3 atom stereocenters. The number of aliphatic hydroxyl groups is 1. The van der Waals surface area contributed by atoms with Gasteiger partial charge in [0, 0.05) is 36.9 Å². The van der Waals surface area contributed by atoms with Crippen molar-refractivity contribution in [2.24, 2.45) is 5.92 Å². The minimum Gasteiger partial charge on any atom is -0.487 e. The van der Waals surface area contributed by atoms with Gasteiger partial charge in [0.05, 0.1) is 13.2 Å². The molecule has 9 heteroatoms. The van der Waals surface area contributed by atoms with Crippen molar-refractivity contribution in [1.29, 1.82) is 0 Å². The lowest BCUT2D eigenvalue weighted by Crippen LogP contribution is -2.50. The third kappa shape index (κ3) is 4.39. The maximum Gasteiger partial charge on any atom is 0.247 e. The van der Waals surface area contributed by atoms with Crippen LogP contribution in [0.15, 0.2) is 27.6 Å². The molecular weight excluding hydrogens is 424 g/mol. The summed E-state index contributed by atoms with van der Waals surface area (Å²) in [5.41, 5.74) is 0. The zero-order chi connectivity index (χ0) is 19.6. The smallest absolute Gasteiger partial charge is 0.247 e. The van der Waals surface area contributed by atoms with Crippen LogP contribution in [0.3, 0.4) is 0 Å². The van der Waals surface area contributed by atoms with Crippen LogP contribution in [-0.2, 0) is 14.8 Å². The first-order chi connectivity index (χ1) is 12.1. The molecule has 0 aromatic heterocycles. The molecule has 7 nitrogen and oxygen atoms in total. The first-order valence-electron chi connectivity index (χ1n) is 8.38. The topological polar surface area (TPSA) is 87.2 Å². The number of hydrogen-bond donors (Lipinski definition) is 1. The number of hydrogen-bond acceptors (Lipinski definition) is 5. The molecule has 146 valence electrons. The highest BCUT2D eigenvalue weighted by Crippen LogP contribution is 2.35. The molecule has 1 aromatic rings. The number of likely N-dealkylation sites (N-methyl/N-ethyl adjacent to an activating group) is 1. The van der Waals surface area contributed by atoms with Crippen molar-refractivity contribution in [3.8, 4) is 5.75 Å². The van der Waals surface area contributed by atoms with Crippen LogP contribution in [0.25, 0.3) is 0 Å². The van der Waals surface area contributed by atoms with Crippen LogP contribution in [0, 0.1) is 5.92 Å². The van der Waals surface area contributed by atoms with E-state index in [4.69, 9.17) is 4.74 Å². The van der Waals surface area contributed by atoms with Crippen LogP contribution in [0.2, 0.25) is 0 Å². The molecule has 0 saturated carbocycles. The van der Waals surface area contributed by atoms with E-state index in [-0.39, 0.29) is 41.7 Å². The van der Waals surface area contributed by atoms with Gasteiger partial charge >= 0.3 is 0 Å². The molecule has 1 amide bonds. The van der Waals surface area contributed by atoms with Gasteiger partial charge in [-0.25, -0.2) is 8.42 Å². The summed E-state index contributed by atoms with van der Waals surface area (Å²) < 4.78 is 34.3. The van der Waals surface area contributed by atoms with Crippen molar-refractivity contribution in [3.05, 3.63) is 22.7 Å². The third-order valence-electron chi connectivity index (χ3n) is 4.62. The van der Waals surface area contributed by atoms with Crippen LogP contribution in [0.4, 0.5) is 0 Å². The maximum atomic E-state index is 13.1. The molecule has 0 spiro atoms. The van der Waals surface area contributed by atoms with Crippen molar-refractivity contribution < 1.29 is 23.1 Å². The summed E-state index contributed by atoms with van der Waals surface area (Å²) in [7, 11) is -2.14. The van der Waals surface area contributed by atoms with E-state index < -0.39 is 16.1 Å². The van der Waals surface area contributed by atoms with E-state index >= 15 is 0 Å². The SMILES string of the molecule is CC(=O)N(C)C[C@H]1Oc2cc(Br)ccc2S(=O)(=O)N([C@@H](C)CO)C[C@@H]1C. The highest BCUT2D eigenvalue weighted by atomic mass is 79.9. The van der Waals surface area contributed by atoms with Crippen molar-refractivity contribution >= 4 is 31.9 Å². The average molecular weight is 449 g/mol. The highest BCUT2D eigenvalue weighted by Gasteiger charge is 2.38. The highest BCUT2D eigenvalue weighted by molar-refractivity contribution is 9.10. The first kappa shape index (κ1) is 21.1. The summed E-state index contributed by atoms with van der Waals surface area (Å²) >= 11 is 3.35. The average Bonchev–Trinajstić information content (AvgIpc) is 2.56. The minimum absolute atomic E-state index is 0.0587. The van der Waals surface area contributed by atoms with E-state index in [1.165, 1.54) is 17.3 Å². The first-order valence-corrected chi connectivity index (χ1v) is 10.6. The number of aliphatic hydroxyl groups excluding tert-OH is 1. The van der Waals surface area contributed by atoms with Crippen LogP contribution >= 0.6 is 15.9 Å². The molecule has 0 aliphatic carbocycles. The number of ether oxygens (including phenoxy) is 1. The number of halogens is 1. The molecule has 1 aliphatic heterocycles. The summed E-state index contributed by atoms with van der Waals surface area (Å²) in [6.07, 6.45) is -0.388. The number of rotatable bonds is 4. The van der Waals surface area contributed by atoms with Crippen LogP contribution in [0.5, 0.6) is 5.75 Å². The van der Waals surface area contributed by atoms with E-state index in [1.54, 1.807) is 31.0 Å². The van der Waals surface area contributed by atoms with E-state index in [9.17, 15) is 18.3 Å². The van der Waals surface area contributed by atoms with Crippen LogP contribution in [0.1, 0.15) is 20.8 Å². The normalized spacial score (nSPS) is 23.9. The van der Waals surface area contributed by atoms with Gasteiger partial charge in [-0.15, -0.1) is 0 Å². The molecule has 2 rings (SSSR count).